The third-order valence-electron chi connectivity index (χ3n) is 3.10. The molecule has 0 spiro atoms. The summed E-state index contributed by atoms with van der Waals surface area (Å²) in [5.74, 6) is -0.173. The molecule has 1 nitrogen and oxygen atoms in total. The van der Waals surface area contributed by atoms with Crippen LogP contribution >= 0.6 is 23.2 Å². The highest BCUT2D eigenvalue weighted by Gasteiger charge is 2.03. The molecule has 0 amide bonds. The van der Waals surface area contributed by atoms with E-state index < -0.39 is 0 Å². The molecule has 0 aromatic heterocycles. The molecule has 0 aliphatic rings. The first-order valence-corrected chi connectivity index (χ1v) is 7.21. The summed E-state index contributed by atoms with van der Waals surface area (Å²) in [5, 5.41) is 4.53. The zero-order chi connectivity index (χ0) is 14.5. The maximum absolute atomic E-state index is 13.6. The Balaban J connectivity index is 1.86. The maximum Gasteiger partial charge on any atom is 0.127 e. The first-order chi connectivity index (χ1) is 9.56. The molecule has 106 valence electrons. The molecule has 0 saturated heterocycles. The van der Waals surface area contributed by atoms with E-state index >= 15 is 0 Å². The van der Waals surface area contributed by atoms with Crippen molar-refractivity contribution in [3.8, 4) is 0 Å². The van der Waals surface area contributed by atoms with E-state index in [1.54, 1.807) is 12.1 Å². The topological polar surface area (TPSA) is 12.0 Å². The normalized spacial score (nSPS) is 10.8. The molecule has 0 heterocycles. The van der Waals surface area contributed by atoms with Gasteiger partial charge in [0.2, 0.25) is 0 Å². The summed E-state index contributed by atoms with van der Waals surface area (Å²) in [6, 6.07) is 10.6. The molecule has 0 fully saturated rings. The Bertz CT molecular complexity index is 599. The van der Waals surface area contributed by atoms with Crippen LogP contribution in [0.3, 0.4) is 0 Å². The Labute approximate surface area is 128 Å². The molecule has 0 aliphatic heterocycles. The first-order valence-electron chi connectivity index (χ1n) is 6.46. The Morgan fingerprint density at radius 1 is 1.05 bits per heavy atom. The lowest BCUT2D eigenvalue weighted by Gasteiger charge is -2.08. The fourth-order valence-electron chi connectivity index (χ4n) is 2.01. The molecular formula is C16H16Cl2FN. The van der Waals surface area contributed by atoms with E-state index in [-0.39, 0.29) is 5.82 Å². The zero-order valence-corrected chi connectivity index (χ0v) is 12.7. The number of nitrogens with one attached hydrogen (secondary N) is 1. The Kier molecular flexibility index (Phi) is 5.41. The molecule has 0 saturated carbocycles. The standard InChI is InChI=1S/C16H16Cl2FN/c1-11-2-5-16(19)13(8-11)10-20-7-6-12-3-4-14(17)9-15(12)18/h2-5,8-9,20H,6-7,10H2,1H3. The van der Waals surface area contributed by atoms with Gasteiger partial charge in [-0.25, -0.2) is 4.39 Å². The molecule has 0 radical (unpaired) electrons. The molecule has 4 heteroatoms. The van der Waals surface area contributed by atoms with Gasteiger partial charge in [-0.3, -0.25) is 0 Å². The second kappa shape index (κ2) is 7.07. The summed E-state index contributed by atoms with van der Waals surface area (Å²) in [7, 11) is 0. The van der Waals surface area contributed by atoms with E-state index in [0.717, 1.165) is 24.1 Å². The molecule has 1 N–H and O–H groups in total. The van der Waals surface area contributed by atoms with Crippen LogP contribution in [0.4, 0.5) is 4.39 Å². The number of halogens is 3. The predicted molar refractivity (Wildman–Crippen MR) is 83.0 cm³/mol. The van der Waals surface area contributed by atoms with Gasteiger partial charge in [0.05, 0.1) is 0 Å². The van der Waals surface area contributed by atoms with Crippen LogP contribution in [0, 0.1) is 12.7 Å². The molecule has 0 bridgehead atoms. The van der Waals surface area contributed by atoms with Gasteiger partial charge in [0.25, 0.3) is 0 Å². The highest BCUT2D eigenvalue weighted by Crippen LogP contribution is 2.21. The smallest absolute Gasteiger partial charge is 0.127 e. The second-order valence-corrected chi connectivity index (χ2v) is 5.60. The van der Waals surface area contributed by atoms with Crippen molar-refractivity contribution >= 4 is 23.2 Å². The van der Waals surface area contributed by atoms with Crippen LogP contribution in [-0.4, -0.2) is 6.54 Å². The van der Waals surface area contributed by atoms with Gasteiger partial charge < -0.3 is 5.32 Å². The first kappa shape index (κ1) is 15.3. The highest BCUT2D eigenvalue weighted by atomic mass is 35.5. The van der Waals surface area contributed by atoms with Crippen molar-refractivity contribution < 1.29 is 4.39 Å². The van der Waals surface area contributed by atoms with E-state index in [0.29, 0.717) is 22.2 Å². The number of benzene rings is 2. The second-order valence-electron chi connectivity index (χ2n) is 4.76. The Hall–Kier alpha value is -1.09. The largest absolute Gasteiger partial charge is 0.312 e. The molecule has 0 unspecified atom stereocenters. The molecule has 2 rings (SSSR count). The van der Waals surface area contributed by atoms with E-state index in [2.05, 4.69) is 5.32 Å². The lowest BCUT2D eigenvalue weighted by Crippen LogP contribution is -2.17. The van der Waals surface area contributed by atoms with E-state index in [4.69, 9.17) is 23.2 Å². The maximum atomic E-state index is 13.6. The van der Waals surface area contributed by atoms with Crippen molar-refractivity contribution in [3.05, 3.63) is 69.0 Å². The number of rotatable bonds is 5. The molecule has 2 aromatic rings. The van der Waals surface area contributed by atoms with Crippen LogP contribution in [0.15, 0.2) is 36.4 Å². The fourth-order valence-corrected chi connectivity index (χ4v) is 2.51. The summed E-state index contributed by atoms with van der Waals surface area (Å²) in [6.07, 6.45) is 0.781. The third-order valence-corrected chi connectivity index (χ3v) is 3.69. The summed E-state index contributed by atoms with van der Waals surface area (Å²) in [4.78, 5) is 0. The van der Waals surface area contributed by atoms with Gasteiger partial charge in [0.1, 0.15) is 5.82 Å². The van der Waals surface area contributed by atoms with Crippen LogP contribution in [-0.2, 0) is 13.0 Å². The van der Waals surface area contributed by atoms with Crippen LogP contribution < -0.4 is 5.32 Å². The van der Waals surface area contributed by atoms with Gasteiger partial charge in [-0.15, -0.1) is 0 Å². The highest BCUT2D eigenvalue weighted by molar-refractivity contribution is 6.35. The van der Waals surface area contributed by atoms with Gasteiger partial charge in [-0.2, -0.15) is 0 Å². The number of aryl methyl sites for hydroxylation is 1. The Morgan fingerprint density at radius 2 is 1.85 bits per heavy atom. The SMILES string of the molecule is Cc1ccc(F)c(CNCCc2ccc(Cl)cc2Cl)c1. The van der Waals surface area contributed by atoms with Gasteiger partial charge in [-0.05, 0) is 43.7 Å². The van der Waals surface area contributed by atoms with Crippen LogP contribution in [0.5, 0.6) is 0 Å². The Morgan fingerprint density at radius 3 is 2.60 bits per heavy atom. The van der Waals surface area contributed by atoms with E-state index in [1.165, 1.54) is 6.07 Å². The quantitative estimate of drug-likeness (QED) is 0.784. The minimum Gasteiger partial charge on any atom is -0.312 e. The van der Waals surface area contributed by atoms with Crippen molar-refractivity contribution in [2.24, 2.45) is 0 Å². The summed E-state index contributed by atoms with van der Waals surface area (Å²) >= 11 is 11.9. The average molecular weight is 312 g/mol. The van der Waals surface area contributed by atoms with Crippen molar-refractivity contribution in [1.82, 2.24) is 5.32 Å². The van der Waals surface area contributed by atoms with E-state index in [1.807, 2.05) is 25.1 Å². The average Bonchev–Trinajstić information content (AvgIpc) is 2.40. The predicted octanol–water partition coefficient (Wildman–Crippen LogP) is 4.77. The minimum absolute atomic E-state index is 0.173. The molecule has 20 heavy (non-hydrogen) atoms. The molecule has 2 aromatic carbocycles. The number of hydrogen-bond donors (Lipinski definition) is 1. The molecular weight excluding hydrogens is 296 g/mol. The van der Waals surface area contributed by atoms with Crippen LogP contribution in [0.2, 0.25) is 10.0 Å². The summed E-state index contributed by atoms with van der Waals surface area (Å²) < 4.78 is 13.6. The van der Waals surface area contributed by atoms with Crippen molar-refractivity contribution in [1.29, 1.82) is 0 Å². The van der Waals surface area contributed by atoms with E-state index in [9.17, 15) is 4.39 Å². The summed E-state index contributed by atoms with van der Waals surface area (Å²) in [5.41, 5.74) is 2.78. The van der Waals surface area contributed by atoms with Crippen molar-refractivity contribution in [3.63, 3.8) is 0 Å². The summed E-state index contributed by atoms with van der Waals surface area (Å²) in [6.45, 7) is 3.20. The lowest BCUT2D eigenvalue weighted by molar-refractivity contribution is 0.588. The van der Waals surface area contributed by atoms with Crippen LogP contribution in [0.25, 0.3) is 0 Å². The minimum atomic E-state index is -0.173. The molecule has 0 aliphatic carbocycles. The zero-order valence-electron chi connectivity index (χ0n) is 11.2. The number of hydrogen-bond acceptors (Lipinski definition) is 1. The van der Waals surface area contributed by atoms with Gasteiger partial charge >= 0.3 is 0 Å². The van der Waals surface area contributed by atoms with Gasteiger partial charge in [0, 0.05) is 22.2 Å². The van der Waals surface area contributed by atoms with Gasteiger partial charge in [-0.1, -0.05) is 47.0 Å². The molecule has 0 atom stereocenters. The van der Waals surface area contributed by atoms with Crippen molar-refractivity contribution in [2.45, 2.75) is 19.9 Å². The monoisotopic (exact) mass is 311 g/mol. The van der Waals surface area contributed by atoms with Crippen LogP contribution in [0.1, 0.15) is 16.7 Å². The van der Waals surface area contributed by atoms with Crippen molar-refractivity contribution in [2.75, 3.05) is 6.54 Å². The fraction of sp³-hybridized carbons (Fsp3) is 0.250. The van der Waals surface area contributed by atoms with Gasteiger partial charge in [0.15, 0.2) is 0 Å². The third kappa shape index (κ3) is 4.20. The lowest BCUT2D eigenvalue weighted by atomic mass is 10.1.